The first kappa shape index (κ1) is 12.0. The highest BCUT2D eigenvalue weighted by Crippen LogP contribution is 2.36. The van der Waals surface area contributed by atoms with Gasteiger partial charge in [0.2, 0.25) is 5.91 Å². The molecule has 0 saturated carbocycles. The summed E-state index contributed by atoms with van der Waals surface area (Å²) in [6.07, 6.45) is 0.862. The number of ether oxygens (including phenoxy) is 1. The van der Waals surface area contributed by atoms with E-state index in [1.54, 1.807) is 0 Å². The number of carbonyl (C=O) groups excluding carboxylic acids is 1. The molecule has 1 heterocycles. The predicted molar refractivity (Wildman–Crippen MR) is 69.9 cm³/mol. The Kier molecular flexibility index (Phi) is 3.27. The van der Waals surface area contributed by atoms with Crippen LogP contribution in [0.3, 0.4) is 0 Å². The number of fused-ring (bicyclic) bond motifs is 1. The Hall–Kier alpha value is -1.06. The van der Waals surface area contributed by atoms with Crippen molar-refractivity contribution in [2.24, 2.45) is 0 Å². The average molecular weight is 266 g/mol. The minimum atomic E-state index is 0.0284. The molecule has 0 bridgehead atoms. The first-order chi connectivity index (χ1) is 8.81. The van der Waals surface area contributed by atoms with Crippen LogP contribution in [-0.4, -0.2) is 42.5 Å². The van der Waals surface area contributed by atoms with Gasteiger partial charge in [-0.2, -0.15) is 0 Å². The van der Waals surface area contributed by atoms with Crippen molar-refractivity contribution in [3.63, 3.8) is 0 Å². The van der Waals surface area contributed by atoms with Gasteiger partial charge in [-0.25, -0.2) is 0 Å². The number of alkyl halides is 1. The van der Waals surface area contributed by atoms with Crippen LogP contribution in [0.5, 0.6) is 0 Å². The smallest absolute Gasteiger partial charge is 0.230 e. The number of hydrogen-bond donors (Lipinski definition) is 0. The maximum atomic E-state index is 12.5. The Morgan fingerprint density at radius 2 is 2.28 bits per heavy atom. The van der Waals surface area contributed by atoms with Gasteiger partial charge in [0.25, 0.3) is 0 Å². The maximum Gasteiger partial charge on any atom is 0.230 e. The van der Waals surface area contributed by atoms with Crippen molar-refractivity contribution in [2.45, 2.75) is 18.4 Å². The van der Waals surface area contributed by atoms with Gasteiger partial charge in [-0.1, -0.05) is 24.3 Å². The maximum absolute atomic E-state index is 12.5. The number of hydrogen-bond acceptors (Lipinski definition) is 2. The molecule has 2 aliphatic rings. The lowest BCUT2D eigenvalue weighted by molar-refractivity contribution is -0.141. The van der Waals surface area contributed by atoms with Gasteiger partial charge in [0.05, 0.1) is 25.2 Å². The number of benzene rings is 1. The van der Waals surface area contributed by atoms with Gasteiger partial charge >= 0.3 is 0 Å². The van der Waals surface area contributed by atoms with Gasteiger partial charge in [-0.05, 0) is 17.5 Å². The molecule has 1 amide bonds. The zero-order valence-corrected chi connectivity index (χ0v) is 10.9. The van der Waals surface area contributed by atoms with Crippen LogP contribution in [0, 0.1) is 0 Å². The summed E-state index contributed by atoms with van der Waals surface area (Å²) in [5.41, 5.74) is 2.48. The van der Waals surface area contributed by atoms with Crippen LogP contribution in [0.1, 0.15) is 17.0 Å². The number of rotatable bonds is 2. The minimum absolute atomic E-state index is 0.0284. The van der Waals surface area contributed by atoms with Crippen molar-refractivity contribution < 1.29 is 9.53 Å². The monoisotopic (exact) mass is 265 g/mol. The highest BCUT2D eigenvalue weighted by atomic mass is 35.5. The first-order valence-corrected chi connectivity index (χ1v) is 6.86. The van der Waals surface area contributed by atoms with Gasteiger partial charge in [0, 0.05) is 12.4 Å². The third kappa shape index (κ3) is 1.91. The third-order valence-electron chi connectivity index (χ3n) is 3.84. The second-order valence-electron chi connectivity index (χ2n) is 4.87. The molecule has 0 radical (unpaired) electrons. The molecule has 4 heteroatoms. The Morgan fingerprint density at radius 3 is 3.06 bits per heavy atom. The quantitative estimate of drug-likeness (QED) is 0.763. The SMILES string of the molecule is O=C(C1Cc2ccccc21)N1CCOCC1CCl. The van der Waals surface area contributed by atoms with Crippen molar-refractivity contribution >= 4 is 17.5 Å². The summed E-state index contributed by atoms with van der Waals surface area (Å²) in [6.45, 7) is 1.84. The van der Waals surface area contributed by atoms with E-state index in [0.717, 1.165) is 6.42 Å². The van der Waals surface area contributed by atoms with Crippen LogP contribution in [0.25, 0.3) is 0 Å². The first-order valence-electron chi connectivity index (χ1n) is 6.33. The van der Waals surface area contributed by atoms with Gasteiger partial charge in [-0.3, -0.25) is 4.79 Å². The van der Waals surface area contributed by atoms with E-state index in [1.807, 2.05) is 17.0 Å². The largest absolute Gasteiger partial charge is 0.377 e. The summed E-state index contributed by atoms with van der Waals surface area (Å²) in [6, 6.07) is 8.20. The zero-order chi connectivity index (χ0) is 12.5. The summed E-state index contributed by atoms with van der Waals surface area (Å²) in [5.74, 6) is 0.688. The van der Waals surface area contributed by atoms with Crippen molar-refractivity contribution in [3.8, 4) is 0 Å². The fraction of sp³-hybridized carbons (Fsp3) is 0.500. The Bertz CT molecular complexity index is 463. The van der Waals surface area contributed by atoms with Crippen LogP contribution < -0.4 is 0 Å². The molecular formula is C14H16ClNO2. The standard InChI is InChI=1S/C14H16ClNO2/c15-8-11-9-18-6-5-16(11)14(17)13-7-10-3-1-2-4-12(10)13/h1-4,11,13H,5-9H2. The zero-order valence-electron chi connectivity index (χ0n) is 10.1. The van der Waals surface area contributed by atoms with Crippen molar-refractivity contribution in [1.82, 2.24) is 4.90 Å². The van der Waals surface area contributed by atoms with Crippen LogP contribution in [0.15, 0.2) is 24.3 Å². The van der Waals surface area contributed by atoms with E-state index in [4.69, 9.17) is 16.3 Å². The number of halogens is 1. The topological polar surface area (TPSA) is 29.5 Å². The average Bonchev–Trinajstić information content (AvgIpc) is 2.40. The van der Waals surface area contributed by atoms with Gasteiger partial charge in [0.15, 0.2) is 0 Å². The lowest BCUT2D eigenvalue weighted by atomic mass is 9.76. The molecule has 1 aliphatic carbocycles. The van der Waals surface area contributed by atoms with Crippen molar-refractivity contribution in [3.05, 3.63) is 35.4 Å². The summed E-state index contributed by atoms with van der Waals surface area (Å²) < 4.78 is 5.38. The molecule has 3 rings (SSSR count). The van der Waals surface area contributed by atoms with Crippen LogP contribution in [0.4, 0.5) is 0 Å². The van der Waals surface area contributed by atoms with Crippen LogP contribution in [0.2, 0.25) is 0 Å². The van der Waals surface area contributed by atoms with Gasteiger partial charge < -0.3 is 9.64 Å². The van der Waals surface area contributed by atoms with Crippen LogP contribution in [-0.2, 0) is 16.0 Å². The summed E-state index contributed by atoms with van der Waals surface area (Å²) >= 11 is 5.91. The Labute approximate surface area is 112 Å². The molecular weight excluding hydrogens is 250 g/mol. The number of carbonyl (C=O) groups is 1. The van der Waals surface area contributed by atoms with Crippen LogP contribution >= 0.6 is 11.6 Å². The van der Waals surface area contributed by atoms with E-state index in [9.17, 15) is 4.79 Å². The van der Waals surface area contributed by atoms with Gasteiger partial charge in [0.1, 0.15) is 0 Å². The molecule has 1 aromatic carbocycles. The second kappa shape index (κ2) is 4.90. The highest BCUT2D eigenvalue weighted by molar-refractivity contribution is 6.18. The lowest BCUT2D eigenvalue weighted by Gasteiger charge is -2.39. The van der Waals surface area contributed by atoms with E-state index in [-0.39, 0.29) is 17.9 Å². The molecule has 2 unspecified atom stereocenters. The predicted octanol–water partition coefficient (Wildman–Crippen LogP) is 1.79. The molecule has 2 atom stereocenters. The molecule has 0 spiro atoms. The summed E-state index contributed by atoms with van der Waals surface area (Å²) in [5, 5.41) is 0. The molecule has 1 saturated heterocycles. The fourth-order valence-corrected chi connectivity index (χ4v) is 3.01. The molecule has 3 nitrogen and oxygen atoms in total. The number of morpholine rings is 1. The summed E-state index contributed by atoms with van der Waals surface area (Å²) in [4.78, 5) is 14.4. The minimum Gasteiger partial charge on any atom is -0.377 e. The van der Waals surface area contributed by atoms with E-state index in [0.29, 0.717) is 25.6 Å². The highest BCUT2D eigenvalue weighted by Gasteiger charge is 2.37. The molecule has 0 aromatic heterocycles. The van der Waals surface area contributed by atoms with Crippen molar-refractivity contribution in [1.29, 1.82) is 0 Å². The molecule has 0 N–H and O–H groups in total. The van der Waals surface area contributed by atoms with Crippen molar-refractivity contribution in [2.75, 3.05) is 25.6 Å². The lowest BCUT2D eigenvalue weighted by Crippen LogP contribution is -2.52. The molecule has 1 aliphatic heterocycles. The number of amides is 1. The number of nitrogens with zero attached hydrogens (tertiary/aromatic N) is 1. The molecule has 18 heavy (non-hydrogen) atoms. The summed E-state index contributed by atoms with van der Waals surface area (Å²) in [7, 11) is 0. The normalized spacial score (nSPS) is 26.4. The fourth-order valence-electron chi connectivity index (χ4n) is 2.75. The van der Waals surface area contributed by atoms with E-state index < -0.39 is 0 Å². The van der Waals surface area contributed by atoms with E-state index in [2.05, 4.69) is 12.1 Å². The Balaban J connectivity index is 1.76. The molecule has 1 aromatic rings. The van der Waals surface area contributed by atoms with E-state index in [1.165, 1.54) is 11.1 Å². The third-order valence-corrected chi connectivity index (χ3v) is 4.20. The Morgan fingerprint density at radius 1 is 1.44 bits per heavy atom. The second-order valence-corrected chi connectivity index (χ2v) is 5.18. The van der Waals surface area contributed by atoms with E-state index >= 15 is 0 Å². The molecule has 96 valence electrons. The van der Waals surface area contributed by atoms with Gasteiger partial charge in [-0.15, -0.1) is 11.6 Å². The molecule has 1 fully saturated rings.